The summed E-state index contributed by atoms with van der Waals surface area (Å²) in [6.45, 7) is 6.88. The van der Waals surface area contributed by atoms with Crippen molar-refractivity contribution < 1.29 is 4.79 Å². The lowest BCUT2D eigenvalue weighted by Crippen LogP contribution is -2.58. The van der Waals surface area contributed by atoms with Crippen LogP contribution >= 0.6 is 11.6 Å². The van der Waals surface area contributed by atoms with Gasteiger partial charge in [0.05, 0.1) is 18.4 Å². The number of anilines is 1. The molecule has 11 heteroatoms. The van der Waals surface area contributed by atoms with Gasteiger partial charge in [0.2, 0.25) is 5.91 Å². The summed E-state index contributed by atoms with van der Waals surface area (Å²) in [5.74, 6) is 1.98. The first-order valence-electron chi connectivity index (χ1n) is 10.2. The Balaban J connectivity index is 1.39. The van der Waals surface area contributed by atoms with Gasteiger partial charge in [-0.2, -0.15) is 5.10 Å². The van der Waals surface area contributed by atoms with E-state index in [4.69, 9.17) is 11.6 Å². The van der Waals surface area contributed by atoms with Gasteiger partial charge in [-0.3, -0.25) is 9.59 Å². The first kappa shape index (κ1) is 20.8. The van der Waals surface area contributed by atoms with Gasteiger partial charge in [0.25, 0.3) is 5.56 Å². The predicted octanol–water partition coefficient (Wildman–Crippen LogP) is 1.22. The van der Waals surface area contributed by atoms with Gasteiger partial charge in [-0.15, -0.1) is 5.10 Å². The molecule has 2 N–H and O–H groups in total. The molecule has 2 bridgehead atoms. The van der Waals surface area contributed by atoms with E-state index in [-0.39, 0.29) is 30.1 Å². The molecule has 4 atom stereocenters. The maximum Gasteiger partial charge on any atom is 0.288 e. The third-order valence-corrected chi connectivity index (χ3v) is 7.49. The molecule has 2 unspecified atom stereocenters. The monoisotopic (exact) mass is 434 g/mol. The van der Waals surface area contributed by atoms with Gasteiger partial charge in [0, 0.05) is 13.1 Å². The first-order chi connectivity index (χ1) is 14.2. The maximum absolute atomic E-state index is 12.6. The standard InChI is InChI=1S/C19H27ClN8O2/c1-10-12-5-11(19(12,2)3)6-13(10)23-14-7-22-28(18(30)17(14)20)9-16(29)21-8-15-24-25-26-27(15)4/h7,10-13,23H,5-6,8-9H2,1-4H3,(H,21,29)/t10-,11?,12?,13-/m1/s1. The smallest absolute Gasteiger partial charge is 0.288 e. The molecular weight excluding hydrogens is 408 g/mol. The zero-order chi connectivity index (χ0) is 21.6. The number of rotatable bonds is 6. The minimum absolute atomic E-state index is 0.0565. The Morgan fingerprint density at radius 3 is 2.77 bits per heavy atom. The molecule has 162 valence electrons. The molecule has 3 aliphatic carbocycles. The van der Waals surface area contributed by atoms with Crippen LogP contribution in [0.5, 0.6) is 0 Å². The fraction of sp³-hybridized carbons (Fsp3) is 0.684. The summed E-state index contributed by atoms with van der Waals surface area (Å²) in [4.78, 5) is 24.8. The Bertz CT molecular complexity index is 1020. The molecule has 0 saturated heterocycles. The van der Waals surface area contributed by atoms with E-state index in [9.17, 15) is 9.59 Å². The van der Waals surface area contributed by atoms with Crippen molar-refractivity contribution in [1.29, 1.82) is 0 Å². The highest BCUT2D eigenvalue weighted by Crippen LogP contribution is 2.61. The number of halogens is 1. The van der Waals surface area contributed by atoms with Crippen molar-refractivity contribution in [1.82, 2.24) is 35.3 Å². The average Bonchev–Trinajstić information content (AvgIpc) is 3.11. The largest absolute Gasteiger partial charge is 0.379 e. The predicted molar refractivity (Wildman–Crippen MR) is 111 cm³/mol. The molecule has 30 heavy (non-hydrogen) atoms. The van der Waals surface area contributed by atoms with Crippen LogP contribution in [0.3, 0.4) is 0 Å². The first-order valence-corrected chi connectivity index (χ1v) is 10.6. The number of carbonyl (C=O) groups excluding carboxylic acids is 1. The molecule has 0 aliphatic heterocycles. The van der Waals surface area contributed by atoms with E-state index in [2.05, 4.69) is 52.0 Å². The summed E-state index contributed by atoms with van der Waals surface area (Å²) in [6.07, 6.45) is 3.87. The molecule has 3 aliphatic rings. The Morgan fingerprint density at radius 2 is 2.13 bits per heavy atom. The van der Waals surface area contributed by atoms with E-state index in [0.717, 1.165) is 11.1 Å². The Morgan fingerprint density at radius 1 is 1.37 bits per heavy atom. The van der Waals surface area contributed by atoms with Gasteiger partial charge >= 0.3 is 0 Å². The quantitative estimate of drug-likeness (QED) is 0.701. The van der Waals surface area contributed by atoms with Crippen molar-refractivity contribution in [2.24, 2.45) is 30.2 Å². The molecule has 2 aromatic rings. The Labute approximate surface area is 179 Å². The van der Waals surface area contributed by atoms with Gasteiger partial charge in [-0.05, 0) is 46.4 Å². The van der Waals surface area contributed by atoms with Gasteiger partial charge in [-0.25, -0.2) is 9.36 Å². The lowest BCUT2D eigenvalue weighted by Gasteiger charge is -2.62. The summed E-state index contributed by atoms with van der Waals surface area (Å²) in [6, 6.07) is 0.264. The highest BCUT2D eigenvalue weighted by Gasteiger charge is 2.56. The third-order valence-electron chi connectivity index (χ3n) is 7.12. The number of fused-ring (bicyclic) bond motifs is 2. The van der Waals surface area contributed by atoms with E-state index >= 15 is 0 Å². The maximum atomic E-state index is 12.6. The molecule has 0 radical (unpaired) electrons. The summed E-state index contributed by atoms with van der Waals surface area (Å²) in [7, 11) is 1.68. The van der Waals surface area contributed by atoms with Crippen LogP contribution in [0, 0.1) is 23.2 Å². The van der Waals surface area contributed by atoms with Gasteiger partial charge < -0.3 is 10.6 Å². The van der Waals surface area contributed by atoms with Crippen molar-refractivity contribution in [3.8, 4) is 0 Å². The molecule has 3 fully saturated rings. The van der Waals surface area contributed by atoms with Gasteiger partial charge in [0.15, 0.2) is 5.82 Å². The molecule has 0 spiro atoms. The highest BCUT2D eigenvalue weighted by atomic mass is 35.5. The second kappa shape index (κ2) is 7.64. The fourth-order valence-electron chi connectivity index (χ4n) is 4.99. The van der Waals surface area contributed by atoms with E-state index < -0.39 is 5.56 Å². The highest BCUT2D eigenvalue weighted by molar-refractivity contribution is 6.32. The normalized spacial score (nSPS) is 26.7. The molecule has 2 heterocycles. The van der Waals surface area contributed by atoms with E-state index in [0.29, 0.717) is 34.7 Å². The lowest BCUT2D eigenvalue weighted by atomic mass is 9.45. The summed E-state index contributed by atoms with van der Waals surface area (Å²) in [5.41, 5.74) is 0.419. The van der Waals surface area contributed by atoms with Crippen molar-refractivity contribution >= 4 is 23.2 Å². The van der Waals surface area contributed by atoms with Crippen LogP contribution < -0.4 is 16.2 Å². The van der Waals surface area contributed by atoms with Crippen LogP contribution in [0.4, 0.5) is 5.69 Å². The number of hydrogen-bond donors (Lipinski definition) is 2. The summed E-state index contributed by atoms with van der Waals surface area (Å²) < 4.78 is 2.52. The van der Waals surface area contributed by atoms with Gasteiger partial charge in [-0.1, -0.05) is 32.4 Å². The number of carbonyl (C=O) groups is 1. The second-order valence-electron chi connectivity index (χ2n) is 9.04. The minimum atomic E-state index is -0.494. The van der Waals surface area contributed by atoms with Crippen molar-refractivity contribution in [3.63, 3.8) is 0 Å². The van der Waals surface area contributed by atoms with Gasteiger partial charge in [0.1, 0.15) is 11.6 Å². The van der Waals surface area contributed by atoms with Crippen molar-refractivity contribution in [3.05, 3.63) is 27.4 Å². The number of nitrogens with zero attached hydrogens (tertiary/aromatic N) is 6. The van der Waals surface area contributed by atoms with Crippen molar-refractivity contribution in [2.45, 2.75) is 52.7 Å². The SMILES string of the molecule is C[C@@H]1C2CC(C[C@H]1Nc1cnn(CC(=O)NCc3nnnn3C)c(=O)c1Cl)C2(C)C. The topological polar surface area (TPSA) is 120 Å². The number of nitrogens with one attached hydrogen (secondary N) is 2. The molecule has 5 rings (SSSR count). The summed E-state index contributed by atoms with van der Waals surface area (Å²) in [5, 5.41) is 21.3. The number of aromatic nitrogens is 6. The average molecular weight is 435 g/mol. The lowest BCUT2D eigenvalue weighted by molar-refractivity contribution is -0.122. The number of aryl methyl sites for hydroxylation is 1. The van der Waals surface area contributed by atoms with Crippen molar-refractivity contribution in [2.75, 3.05) is 5.32 Å². The van der Waals surface area contributed by atoms with Crippen LogP contribution in [0.2, 0.25) is 5.02 Å². The van der Waals surface area contributed by atoms with Crippen LogP contribution in [0.15, 0.2) is 11.0 Å². The van der Waals surface area contributed by atoms with Crippen LogP contribution in [-0.4, -0.2) is 41.9 Å². The van der Waals surface area contributed by atoms with E-state index in [1.54, 1.807) is 7.05 Å². The molecule has 3 saturated carbocycles. The minimum Gasteiger partial charge on any atom is -0.379 e. The molecule has 1 amide bonds. The van der Waals surface area contributed by atoms with Crippen LogP contribution in [0.25, 0.3) is 0 Å². The number of amides is 1. The zero-order valence-electron chi connectivity index (χ0n) is 17.6. The third kappa shape index (κ3) is 3.57. The molecule has 10 nitrogen and oxygen atoms in total. The Hall–Kier alpha value is -2.49. The second-order valence-corrected chi connectivity index (χ2v) is 9.41. The molecule has 0 aromatic carbocycles. The molecule has 2 aromatic heterocycles. The van der Waals surface area contributed by atoms with E-state index in [1.165, 1.54) is 17.3 Å². The van der Waals surface area contributed by atoms with Crippen LogP contribution in [0.1, 0.15) is 39.4 Å². The zero-order valence-corrected chi connectivity index (χ0v) is 18.3. The summed E-state index contributed by atoms with van der Waals surface area (Å²) >= 11 is 6.33. The fourth-order valence-corrected chi connectivity index (χ4v) is 5.19. The van der Waals surface area contributed by atoms with Crippen LogP contribution in [-0.2, 0) is 24.9 Å². The van der Waals surface area contributed by atoms with E-state index in [1.807, 2.05) is 0 Å². The molecular formula is C19H27ClN8O2. The number of hydrogen-bond acceptors (Lipinski definition) is 7. The Kier molecular flexibility index (Phi) is 5.29. The number of tetrazole rings is 1.